The summed E-state index contributed by atoms with van der Waals surface area (Å²) in [4.78, 5) is 7.40. The van der Waals surface area contributed by atoms with Gasteiger partial charge in [0.15, 0.2) is 0 Å². The van der Waals surface area contributed by atoms with Crippen LogP contribution in [0.15, 0.2) is 47.1 Å². The summed E-state index contributed by atoms with van der Waals surface area (Å²) in [7, 11) is 0. The molecule has 2 aromatic heterocycles. The number of aryl methyl sites for hydroxylation is 2. The van der Waals surface area contributed by atoms with Gasteiger partial charge >= 0.3 is 0 Å². The SMILES string of the molecule is Nc1cccc(CCc2nc(-c3ccc[nH]3)no2)c1. The molecule has 3 aromatic rings. The first-order valence-corrected chi connectivity index (χ1v) is 6.12. The lowest BCUT2D eigenvalue weighted by molar-refractivity contribution is 0.379. The molecule has 2 heterocycles. The van der Waals surface area contributed by atoms with Gasteiger partial charge in [0.1, 0.15) is 0 Å². The molecule has 0 amide bonds. The van der Waals surface area contributed by atoms with Crippen LogP contribution in [0.3, 0.4) is 0 Å². The summed E-state index contributed by atoms with van der Waals surface area (Å²) in [5.41, 5.74) is 8.54. The van der Waals surface area contributed by atoms with E-state index in [4.69, 9.17) is 10.3 Å². The van der Waals surface area contributed by atoms with Gasteiger partial charge in [0.05, 0.1) is 5.69 Å². The first-order valence-electron chi connectivity index (χ1n) is 6.12. The smallest absolute Gasteiger partial charge is 0.227 e. The summed E-state index contributed by atoms with van der Waals surface area (Å²) in [6.45, 7) is 0. The number of nitrogens with two attached hydrogens (primary N) is 1. The van der Waals surface area contributed by atoms with Crippen LogP contribution in [-0.2, 0) is 12.8 Å². The van der Waals surface area contributed by atoms with E-state index in [0.717, 1.165) is 17.8 Å². The van der Waals surface area contributed by atoms with Crippen LogP contribution in [0.5, 0.6) is 0 Å². The van der Waals surface area contributed by atoms with Crippen LogP contribution in [0, 0.1) is 0 Å². The molecule has 3 rings (SSSR count). The standard InChI is InChI=1S/C14H14N4O/c15-11-4-1-3-10(9-11)6-7-13-17-14(18-19-13)12-5-2-8-16-12/h1-5,8-9,16H,6-7,15H2. The molecule has 0 aliphatic heterocycles. The molecule has 0 atom stereocenters. The van der Waals surface area contributed by atoms with E-state index in [1.54, 1.807) is 0 Å². The Morgan fingerprint density at radius 1 is 1.16 bits per heavy atom. The normalized spacial score (nSPS) is 10.7. The Kier molecular flexibility index (Phi) is 3.02. The second kappa shape index (κ2) is 4.97. The lowest BCUT2D eigenvalue weighted by Gasteiger charge is -1.99. The number of aromatic amines is 1. The number of hydrogen-bond donors (Lipinski definition) is 2. The van der Waals surface area contributed by atoms with Gasteiger partial charge in [0, 0.05) is 18.3 Å². The van der Waals surface area contributed by atoms with Crippen molar-refractivity contribution >= 4 is 5.69 Å². The number of hydrogen-bond acceptors (Lipinski definition) is 4. The van der Waals surface area contributed by atoms with Gasteiger partial charge in [-0.1, -0.05) is 17.3 Å². The number of rotatable bonds is 4. The Bertz CT molecular complexity index is 658. The Morgan fingerprint density at radius 2 is 2.11 bits per heavy atom. The quantitative estimate of drug-likeness (QED) is 0.701. The average Bonchev–Trinajstić information content (AvgIpc) is 3.07. The van der Waals surface area contributed by atoms with Gasteiger partial charge in [-0.3, -0.25) is 0 Å². The molecule has 0 radical (unpaired) electrons. The van der Waals surface area contributed by atoms with Crippen LogP contribution in [0.1, 0.15) is 11.5 Å². The maximum atomic E-state index is 5.74. The maximum Gasteiger partial charge on any atom is 0.227 e. The van der Waals surface area contributed by atoms with E-state index >= 15 is 0 Å². The van der Waals surface area contributed by atoms with Crippen LogP contribution < -0.4 is 5.73 Å². The molecule has 0 saturated heterocycles. The second-order valence-corrected chi connectivity index (χ2v) is 4.34. The van der Waals surface area contributed by atoms with Crippen molar-refractivity contribution < 1.29 is 4.52 Å². The zero-order valence-corrected chi connectivity index (χ0v) is 10.3. The molecule has 0 aliphatic rings. The fourth-order valence-corrected chi connectivity index (χ4v) is 1.94. The summed E-state index contributed by atoms with van der Waals surface area (Å²) in [6.07, 6.45) is 3.37. The van der Waals surface area contributed by atoms with E-state index in [2.05, 4.69) is 15.1 Å². The van der Waals surface area contributed by atoms with Crippen molar-refractivity contribution in [2.45, 2.75) is 12.8 Å². The molecular formula is C14H14N4O. The number of benzene rings is 1. The minimum Gasteiger partial charge on any atom is -0.399 e. The largest absolute Gasteiger partial charge is 0.399 e. The van der Waals surface area contributed by atoms with Crippen molar-refractivity contribution in [1.29, 1.82) is 0 Å². The second-order valence-electron chi connectivity index (χ2n) is 4.34. The predicted molar refractivity (Wildman–Crippen MR) is 72.3 cm³/mol. The molecule has 5 heteroatoms. The van der Waals surface area contributed by atoms with Crippen LogP contribution >= 0.6 is 0 Å². The highest BCUT2D eigenvalue weighted by Gasteiger charge is 2.08. The highest BCUT2D eigenvalue weighted by atomic mass is 16.5. The van der Waals surface area contributed by atoms with Crippen molar-refractivity contribution in [2.24, 2.45) is 0 Å². The number of aromatic nitrogens is 3. The summed E-state index contributed by atoms with van der Waals surface area (Å²) in [6, 6.07) is 11.6. The molecule has 0 unspecified atom stereocenters. The minimum atomic E-state index is 0.590. The molecule has 96 valence electrons. The first kappa shape index (κ1) is 11.5. The molecular weight excluding hydrogens is 240 g/mol. The number of nitrogens with zero attached hydrogens (tertiary/aromatic N) is 2. The highest BCUT2D eigenvalue weighted by molar-refractivity contribution is 5.47. The summed E-state index contributed by atoms with van der Waals surface area (Å²) >= 11 is 0. The topological polar surface area (TPSA) is 80.7 Å². The molecule has 0 fully saturated rings. The number of H-pyrrole nitrogens is 1. The minimum absolute atomic E-state index is 0.590. The zero-order chi connectivity index (χ0) is 13.1. The first-order chi connectivity index (χ1) is 9.31. The lowest BCUT2D eigenvalue weighted by atomic mass is 10.1. The monoisotopic (exact) mass is 254 g/mol. The third kappa shape index (κ3) is 2.65. The van der Waals surface area contributed by atoms with E-state index in [1.807, 2.05) is 42.6 Å². The van der Waals surface area contributed by atoms with Crippen molar-refractivity contribution in [1.82, 2.24) is 15.1 Å². The summed E-state index contributed by atoms with van der Waals surface area (Å²) < 4.78 is 5.23. The van der Waals surface area contributed by atoms with Crippen LogP contribution in [0.25, 0.3) is 11.5 Å². The van der Waals surface area contributed by atoms with Gasteiger partial charge in [0.2, 0.25) is 11.7 Å². The Balaban J connectivity index is 1.68. The maximum absolute atomic E-state index is 5.74. The molecule has 3 N–H and O–H groups in total. The van der Waals surface area contributed by atoms with Crippen molar-refractivity contribution in [2.75, 3.05) is 5.73 Å². The van der Waals surface area contributed by atoms with Gasteiger partial charge in [-0.2, -0.15) is 4.98 Å². The van der Waals surface area contributed by atoms with E-state index < -0.39 is 0 Å². The van der Waals surface area contributed by atoms with Crippen molar-refractivity contribution in [3.05, 3.63) is 54.0 Å². The van der Waals surface area contributed by atoms with Crippen LogP contribution in [0.2, 0.25) is 0 Å². The van der Waals surface area contributed by atoms with E-state index in [9.17, 15) is 0 Å². The Labute approximate surface area is 110 Å². The molecule has 19 heavy (non-hydrogen) atoms. The third-order valence-corrected chi connectivity index (χ3v) is 2.89. The van der Waals surface area contributed by atoms with Crippen molar-refractivity contribution in [3.63, 3.8) is 0 Å². The van der Waals surface area contributed by atoms with E-state index in [1.165, 1.54) is 5.56 Å². The summed E-state index contributed by atoms with van der Waals surface area (Å²) in [5.74, 6) is 1.22. The molecule has 0 aliphatic carbocycles. The average molecular weight is 254 g/mol. The molecule has 0 saturated carbocycles. The van der Waals surface area contributed by atoms with E-state index in [-0.39, 0.29) is 0 Å². The third-order valence-electron chi connectivity index (χ3n) is 2.89. The molecule has 5 nitrogen and oxygen atoms in total. The Hall–Kier alpha value is -2.56. The zero-order valence-electron chi connectivity index (χ0n) is 10.3. The summed E-state index contributed by atoms with van der Waals surface area (Å²) in [5, 5.41) is 3.95. The van der Waals surface area contributed by atoms with Gasteiger partial charge in [-0.05, 0) is 36.2 Å². The predicted octanol–water partition coefficient (Wildman–Crippen LogP) is 2.43. The van der Waals surface area contributed by atoms with Gasteiger partial charge < -0.3 is 15.2 Å². The number of anilines is 1. The molecule has 1 aromatic carbocycles. The fraction of sp³-hybridized carbons (Fsp3) is 0.143. The number of nitrogens with one attached hydrogen (secondary N) is 1. The van der Waals surface area contributed by atoms with E-state index in [0.29, 0.717) is 18.1 Å². The van der Waals surface area contributed by atoms with Gasteiger partial charge in [-0.25, -0.2) is 0 Å². The van der Waals surface area contributed by atoms with Crippen molar-refractivity contribution in [3.8, 4) is 11.5 Å². The van der Waals surface area contributed by atoms with Gasteiger partial charge in [0.25, 0.3) is 0 Å². The lowest BCUT2D eigenvalue weighted by Crippen LogP contribution is -1.93. The van der Waals surface area contributed by atoms with Crippen LogP contribution in [-0.4, -0.2) is 15.1 Å². The highest BCUT2D eigenvalue weighted by Crippen LogP contribution is 2.14. The molecule has 0 bridgehead atoms. The Morgan fingerprint density at radius 3 is 2.89 bits per heavy atom. The number of nitrogen functional groups attached to an aromatic ring is 1. The molecule has 0 spiro atoms. The fourth-order valence-electron chi connectivity index (χ4n) is 1.94. The van der Waals surface area contributed by atoms with Crippen LogP contribution in [0.4, 0.5) is 5.69 Å². The van der Waals surface area contributed by atoms with Gasteiger partial charge in [-0.15, -0.1) is 0 Å².